The molecule has 0 spiro atoms. The van der Waals surface area contributed by atoms with Crippen molar-refractivity contribution < 1.29 is 9.90 Å². The molecule has 0 saturated carbocycles. The average Bonchev–Trinajstić information content (AvgIpc) is 2.01. The Morgan fingerprint density at radius 3 is 2.13 bits per heavy atom. The maximum Gasteiger partial charge on any atom is 0.244 e. The molecule has 1 amide bonds. The van der Waals surface area contributed by atoms with Crippen LogP contribution in [0.2, 0.25) is 0 Å². The Hall–Kier alpha value is -1.09. The second-order valence-electron chi connectivity index (χ2n) is 4.56. The van der Waals surface area contributed by atoms with Gasteiger partial charge in [0.1, 0.15) is 0 Å². The Morgan fingerprint density at radius 2 is 1.73 bits per heavy atom. The summed E-state index contributed by atoms with van der Waals surface area (Å²) in [5, 5.41) is 12.6. The maximum atomic E-state index is 11.4. The van der Waals surface area contributed by atoms with Gasteiger partial charge in [-0.05, 0) is 34.6 Å². The molecule has 86 valence electrons. The van der Waals surface area contributed by atoms with Crippen LogP contribution in [0.4, 0.5) is 0 Å². The first-order valence-corrected chi connectivity index (χ1v) is 5.04. The van der Waals surface area contributed by atoms with Crippen molar-refractivity contribution in [3.8, 4) is 0 Å². The van der Waals surface area contributed by atoms with E-state index >= 15 is 0 Å². The third-order valence-electron chi connectivity index (χ3n) is 2.52. The van der Waals surface area contributed by atoms with Crippen molar-refractivity contribution in [2.75, 3.05) is 0 Å². The van der Waals surface area contributed by atoms with E-state index in [2.05, 4.69) is 5.32 Å². The van der Waals surface area contributed by atoms with Gasteiger partial charge < -0.3 is 10.4 Å². The van der Waals surface area contributed by atoms with Crippen LogP contribution < -0.4 is 5.32 Å². The fourth-order valence-electron chi connectivity index (χ4n) is 0.757. The Morgan fingerprint density at radius 1 is 1.20 bits per heavy atom. The second kappa shape index (κ2) is 5.12. The van der Waals surface area contributed by atoms with E-state index in [0.717, 1.165) is 0 Å². The summed E-state index contributed by atoms with van der Waals surface area (Å²) in [6, 6.07) is 0. The van der Waals surface area contributed by atoms with E-state index in [9.17, 15) is 9.90 Å². The van der Waals surface area contributed by atoms with E-state index < -0.39 is 11.1 Å². The average molecular weight is 211 g/mol. The molecule has 0 heterocycles. The zero-order valence-corrected chi connectivity index (χ0v) is 10.2. The first-order chi connectivity index (χ1) is 6.70. The van der Waals surface area contributed by atoms with Gasteiger partial charge in [-0.25, -0.2) is 0 Å². The standard InChI is InChI=1S/C12H21NO2/c1-6-7-8-9-10(14)13-11(2,3)12(4,5)15/h6-9,15H,1-5H3,(H,13,14). The molecule has 0 radical (unpaired) electrons. The zero-order chi connectivity index (χ0) is 12.1. The number of rotatable bonds is 4. The van der Waals surface area contributed by atoms with Gasteiger partial charge in [-0.2, -0.15) is 0 Å². The zero-order valence-electron chi connectivity index (χ0n) is 10.2. The van der Waals surface area contributed by atoms with Gasteiger partial charge >= 0.3 is 0 Å². The fourth-order valence-corrected chi connectivity index (χ4v) is 0.757. The predicted octanol–water partition coefficient (Wildman–Crippen LogP) is 1.78. The number of aliphatic hydroxyl groups is 1. The van der Waals surface area contributed by atoms with Crippen LogP contribution in [0.15, 0.2) is 24.3 Å². The number of amides is 1. The Labute approximate surface area is 91.9 Å². The van der Waals surface area contributed by atoms with E-state index in [1.54, 1.807) is 39.8 Å². The molecule has 0 aromatic rings. The molecular formula is C12H21NO2. The largest absolute Gasteiger partial charge is 0.388 e. The van der Waals surface area contributed by atoms with Crippen molar-refractivity contribution in [1.29, 1.82) is 0 Å². The monoisotopic (exact) mass is 211 g/mol. The van der Waals surface area contributed by atoms with E-state index in [4.69, 9.17) is 0 Å². The molecule has 0 fully saturated rings. The number of hydrogen-bond acceptors (Lipinski definition) is 2. The number of hydrogen-bond donors (Lipinski definition) is 2. The van der Waals surface area contributed by atoms with Gasteiger partial charge in [-0.15, -0.1) is 0 Å². The minimum atomic E-state index is -0.961. The lowest BCUT2D eigenvalue weighted by molar-refractivity contribution is -0.121. The molecule has 0 aliphatic heterocycles. The third kappa shape index (κ3) is 4.79. The van der Waals surface area contributed by atoms with E-state index in [1.165, 1.54) is 6.08 Å². The molecule has 0 aromatic carbocycles. The highest BCUT2D eigenvalue weighted by Gasteiger charge is 2.35. The lowest BCUT2D eigenvalue weighted by Crippen LogP contribution is -2.57. The first-order valence-electron chi connectivity index (χ1n) is 5.04. The van der Waals surface area contributed by atoms with Gasteiger partial charge in [0.25, 0.3) is 0 Å². The van der Waals surface area contributed by atoms with Crippen LogP contribution in [0, 0.1) is 0 Å². The van der Waals surface area contributed by atoms with Crippen molar-refractivity contribution in [2.45, 2.75) is 45.8 Å². The number of carbonyl (C=O) groups is 1. The van der Waals surface area contributed by atoms with Crippen molar-refractivity contribution in [3.63, 3.8) is 0 Å². The predicted molar refractivity (Wildman–Crippen MR) is 62.5 cm³/mol. The molecule has 3 nitrogen and oxygen atoms in total. The summed E-state index contributed by atoms with van der Waals surface area (Å²) >= 11 is 0. The molecule has 0 saturated heterocycles. The van der Waals surface area contributed by atoms with Crippen LogP contribution >= 0.6 is 0 Å². The lowest BCUT2D eigenvalue weighted by atomic mass is 9.86. The number of nitrogens with one attached hydrogen (secondary N) is 1. The van der Waals surface area contributed by atoms with Crippen molar-refractivity contribution >= 4 is 5.91 Å². The molecule has 0 bridgehead atoms. The molecule has 3 heteroatoms. The number of allylic oxidation sites excluding steroid dienone is 3. The van der Waals surface area contributed by atoms with Crippen LogP contribution in [0.1, 0.15) is 34.6 Å². The summed E-state index contributed by atoms with van der Waals surface area (Å²) in [5.41, 5.74) is -1.62. The Kier molecular flexibility index (Phi) is 4.75. The molecule has 2 N–H and O–H groups in total. The topological polar surface area (TPSA) is 49.3 Å². The van der Waals surface area contributed by atoms with Crippen LogP contribution in [0.3, 0.4) is 0 Å². The lowest BCUT2D eigenvalue weighted by Gasteiger charge is -2.37. The normalized spacial score (nSPS) is 13.7. The summed E-state index contributed by atoms with van der Waals surface area (Å²) in [6.45, 7) is 8.79. The van der Waals surface area contributed by atoms with Crippen LogP contribution in [0.25, 0.3) is 0 Å². The quantitative estimate of drug-likeness (QED) is 0.550. The van der Waals surface area contributed by atoms with Crippen LogP contribution in [0.5, 0.6) is 0 Å². The van der Waals surface area contributed by atoms with Gasteiger partial charge in [-0.1, -0.05) is 18.2 Å². The van der Waals surface area contributed by atoms with Crippen molar-refractivity contribution in [3.05, 3.63) is 24.3 Å². The fraction of sp³-hybridized carbons (Fsp3) is 0.583. The Balaban J connectivity index is 4.42. The minimum absolute atomic E-state index is 0.208. The summed E-state index contributed by atoms with van der Waals surface area (Å²) in [7, 11) is 0. The smallest absolute Gasteiger partial charge is 0.244 e. The van der Waals surface area contributed by atoms with Crippen molar-refractivity contribution in [2.24, 2.45) is 0 Å². The molecule has 0 unspecified atom stereocenters. The molecule has 0 rings (SSSR count). The SMILES string of the molecule is CC=CC=CC(=O)NC(C)(C)C(C)(C)O. The molecule has 15 heavy (non-hydrogen) atoms. The second-order valence-corrected chi connectivity index (χ2v) is 4.56. The first kappa shape index (κ1) is 13.9. The highest BCUT2D eigenvalue weighted by atomic mass is 16.3. The summed E-state index contributed by atoms with van der Waals surface area (Å²) in [5.74, 6) is -0.208. The van der Waals surface area contributed by atoms with Gasteiger partial charge in [0.15, 0.2) is 0 Å². The van der Waals surface area contributed by atoms with Gasteiger partial charge in [-0.3, -0.25) is 4.79 Å². The molecule has 0 aliphatic carbocycles. The van der Waals surface area contributed by atoms with Gasteiger partial charge in [0.2, 0.25) is 5.91 Å². The van der Waals surface area contributed by atoms with Gasteiger partial charge in [0, 0.05) is 6.08 Å². The number of carbonyl (C=O) groups excluding carboxylic acids is 1. The molecular weight excluding hydrogens is 190 g/mol. The van der Waals surface area contributed by atoms with Crippen molar-refractivity contribution in [1.82, 2.24) is 5.32 Å². The van der Waals surface area contributed by atoms with E-state index in [-0.39, 0.29) is 5.91 Å². The third-order valence-corrected chi connectivity index (χ3v) is 2.52. The van der Waals surface area contributed by atoms with E-state index in [1.807, 2.05) is 13.0 Å². The Bertz CT molecular complexity index is 270. The highest BCUT2D eigenvalue weighted by molar-refractivity contribution is 5.88. The minimum Gasteiger partial charge on any atom is -0.388 e. The molecule has 0 aromatic heterocycles. The maximum absolute atomic E-state index is 11.4. The molecule has 0 atom stereocenters. The van der Waals surface area contributed by atoms with Gasteiger partial charge in [0.05, 0.1) is 11.1 Å². The van der Waals surface area contributed by atoms with Crippen LogP contribution in [-0.4, -0.2) is 22.2 Å². The van der Waals surface area contributed by atoms with E-state index in [0.29, 0.717) is 0 Å². The molecule has 0 aliphatic rings. The summed E-state index contributed by atoms with van der Waals surface area (Å²) in [4.78, 5) is 11.4. The van der Waals surface area contributed by atoms with Crippen LogP contribution in [-0.2, 0) is 4.79 Å². The summed E-state index contributed by atoms with van der Waals surface area (Å²) < 4.78 is 0. The highest BCUT2D eigenvalue weighted by Crippen LogP contribution is 2.20. The summed E-state index contributed by atoms with van der Waals surface area (Å²) in [6.07, 6.45) is 6.71.